The molecular weight excluding hydrogens is 236 g/mol. The van der Waals surface area contributed by atoms with Crippen molar-refractivity contribution in [2.45, 2.75) is 51.6 Å². The smallest absolute Gasteiger partial charge is 0.338 e. The van der Waals surface area contributed by atoms with Crippen LogP contribution in [0.3, 0.4) is 0 Å². The van der Waals surface area contributed by atoms with E-state index in [1.54, 1.807) is 0 Å². The van der Waals surface area contributed by atoms with E-state index >= 15 is 0 Å². The summed E-state index contributed by atoms with van der Waals surface area (Å²) < 4.78 is 5.77. The zero-order chi connectivity index (χ0) is 13.9. The molecule has 102 valence electrons. The van der Waals surface area contributed by atoms with Crippen LogP contribution in [0.2, 0.25) is 0 Å². The van der Waals surface area contributed by atoms with Crippen molar-refractivity contribution >= 4 is 11.5 Å². The minimum absolute atomic E-state index is 0.197. The van der Waals surface area contributed by atoms with Gasteiger partial charge in [-0.25, -0.2) is 4.79 Å². The average molecular weight is 258 g/mol. The number of hydrogen-bond donors (Lipinski definition) is 0. The Morgan fingerprint density at radius 3 is 2.21 bits per heavy atom. The summed E-state index contributed by atoms with van der Waals surface area (Å²) in [5, 5.41) is 0. The minimum Gasteiger partial charge on any atom is -0.455 e. The van der Waals surface area contributed by atoms with E-state index in [2.05, 4.69) is 13.5 Å². The number of ether oxygens (including phenoxy) is 1. The van der Waals surface area contributed by atoms with Gasteiger partial charge >= 0.3 is 5.97 Å². The van der Waals surface area contributed by atoms with Crippen molar-refractivity contribution in [2.24, 2.45) is 0 Å². The van der Waals surface area contributed by atoms with Crippen molar-refractivity contribution in [2.75, 3.05) is 0 Å². The van der Waals surface area contributed by atoms with Crippen LogP contribution < -0.4 is 0 Å². The third-order valence-corrected chi connectivity index (χ3v) is 4.08. The van der Waals surface area contributed by atoms with E-state index < -0.39 is 0 Å². The third-order valence-electron chi connectivity index (χ3n) is 4.08. The molecule has 1 fully saturated rings. The molecule has 0 saturated heterocycles. The molecular formula is C17H22O2. The van der Waals surface area contributed by atoms with Gasteiger partial charge < -0.3 is 4.74 Å². The lowest BCUT2D eigenvalue weighted by Crippen LogP contribution is -2.31. The largest absolute Gasteiger partial charge is 0.455 e. The highest BCUT2D eigenvalue weighted by molar-refractivity contribution is 5.90. The van der Waals surface area contributed by atoms with Gasteiger partial charge in [0.2, 0.25) is 0 Å². The van der Waals surface area contributed by atoms with Crippen LogP contribution in [0.1, 0.15) is 61.9 Å². The fourth-order valence-corrected chi connectivity index (χ4v) is 2.69. The van der Waals surface area contributed by atoms with E-state index in [1.165, 1.54) is 0 Å². The molecule has 0 atom stereocenters. The highest BCUT2D eigenvalue weighted by Gasteiger charge is 2.36. The summed E-state index contributed by atoms with van der Waals surface area (Å²) in [7, 11) is 0. The highest BCUT2D eigenvalue weighted by Crippen LogP contribution is 2.36. The van der Waals surface area contributed by atoms with E-state index in [0.29, 0.717) is 5.56 Å². The molecule has 2 nitrogen and oxygen atoms in total. The molecule has 1 aliphatic rings. The number of carbonyl (C=O) groups excluding carboxylic acids is 1. The third kappa shape index (κ3) is 3.06. The summed E-state index contributed by atoms with van der Waals surface area (Å²) in [4.78, 5) is 12.2. The van der Waals surface area contributed by atoms with Gasteiger partial charge in [0.25, 0.3) is 0 Å². The van der Waals surface area contributed by atoms with Crippen LogP contribution in [0.25, 0.3) is 5.57 Å². The van der Waals surface area contributed by atoms with Gasteiger partial charge in [0, 0.05) is 0 Å². The molecule has 0 aromatic heterocycles. The lowest BCUT2D eigenvalue weighted by Gasteiger charge is -2.27. The lowest BCUT2D eigenvalue weighted by atomic mass is 9.98. The standard InChI is InChI=1S/C17H22O2/c1-4-17(11-5-6-12-17)19-16(18)15-9-7-14(8-10-15)13(2)3/h7-10H,2,4-6,11-12H2,1,3H3. The van der Waals surface area contributed by atoms with Crippen LogP contribution in [-0.4, -0.2) is 11.6 Å². The van der Waals surface area contributed by atoms with Crippen molar-refractivity contribution in [1.29, 1.82) is 0 Å². The summed E-state index contributed by atoms with van der Waals surface area (Å²) in [5.74, 6) is -0.197. The molecule has 0 spiro atoms. The second kappa shape index (κ2) is 5.60. The molecule has 0 unspecified atom stereocenters. The fourth-order valence-electron chi connectivity index (χ4n) is 2.69. The van der Waals surface area contributed by atoms with Crippen LogP contribution in [0, 0.1) is 0 Å². The van der Waals surface area contributed by atoms with Crippen molar-refractivity contribution in [3.05, 3.63) is 42.0 Å². The molecule has 1 aliphatic carbocycles. The molecule has 1 aromatic carbocycles. The summed E-state index contributed by atoms with van der Waals surface area (Å²) in [5.41, 5.74) is 2.47. The zero-order valence-corrected chi connectivity index (χ0v) is 11.9. The molecule has 0 amide bonds. The maximum atomic E-state index is 12.2. The van der Waals surface area contributed by atoms with Crippen LogP contribution in [0.5, 0.6) is 0 Å². The van der Waals surface area contributed by atoms with Crippen molar-refractivity contribution in [3.63, 3.8) is 0 Å². The first kappa shape index (κ1) is 13.9. The Morgan fingerprint density at radius 1 is 1.21 bits per heavy atom. The maximum absolute atomic E-state index is 12.2. The Morgan fingerprint density at radius 2 is 1.74 bits per heavy atom. The van der Waals surface area contributed by atoms with Gasteiger partial charge in [-0.1, -0.05) is 31.2 Å². The first-order valence-corrected chi connectivity index (χ1v) is 7.06. The monoisotopic (exact) mass is 258 g/mol. The molecule has 1 aromatic rings. The summed E-state index contributed by atoms with van der Waals surface area (Å²) in [6, 6.07) is 7.49. The Balaban J connectivity index is 2.09. The zero-order valence-electron chi connectivity index (χ0n) is 11.9. The van der Waals surface area contributed by atoms with E-state index in [-0.39, 0.29) is 11.6 Å². The van der Waals surface area contributed by atoms with Gasteiger partial charge in [-0.3, -0.25) is 0 Å². The Hall–Kier alpha value is -1.57. The molecule has 0 aliphatic heterocycles. The number of hydrogen-bond acceptors (Lipinski definition) is 2. The predicted molar refractivity (Wildman–Crippen MR) is 78.1 cm³/mol. The number of allylic oxidation sites excluding steroid dienone is 1. The molecule has 0 heterocycles. The van der Waals surface area contributed by atoms with Gasteiger partial charge in [-0.15, -0.1) is 0 Å². The van der Waals surface area contributed by atoms with Gasteiger partial charge in [0.1, 0.15) is 5.60 Å². The number of esters is 1. The van der Waals surface area contributed by atoms with E-state index in [9.17, 15) is 4.79 Å². The number of rotatable bonds is 4. The number of benzene rings is 1. The van der Waals surface area contributed by atoms with Gasteiger partial charge in [0.05, 0.1) is 5.56 Å². The van der Waals surface area contributed by atoms with Crippen molar-refractivity contribution in [1.82, 2.24) is 0 Å². The van der Waals surface area contributed by atoms with E-state index in [1.807, 2.05) is 31.2 Å². The SMILES string of the molecule is C=C(C)c1ccc(C(=O)OC2(CC)CCCC2)cc1. The molecule has 1 saturated carbocycles. The highest BCUT2D eigenvalue weighted by atomic mass is 16.6. The molecule has 0 bridgehead atoms. The summed E-state index contributed by atoms with van der Waals surface area (Å²) in [6.45, 7) is 7.95. The van der Waals surface area contributed by atoms with Gasteiger partial charge in [-0.05, 0) is 56.7 Å². The lowest BCUT2D eigenvalue weighted by molar-refractivity contribution is -0.0172. The topological polar surface area (TPSA) is 26.3 Å². The minimum atomic E-state index is -0.218. The maximum Gasteiger partial charge on any atom is 0.338 e. The molecule has 0 N–H and O–H groups in total. The Kier molecular flexibility index (Phi) is 4.08. The van der Waals surface area contributed by atoms with Crippen LogP contribution in [0.15, 0.2) is 30.8 Å². The van der Waals surface area contributed by atoms with E-state index in [0.717, 1.165) is 43.2 Å². The first-order valence-electron chi connectivity index (χ1n) is 7.06. The first-order chi connectivity index (χ1) is 9.06. The number of carbonyl (C=O) groups is 1. The predicted octanol–water partition coefficient (Wildman–Crippen LogP) is 4.60. The Labute approximate surface area is 115 Å². The van der Waals surface area contributed by atoms with Crippen LogP contribution in [0.4, 0.5) is 0 Å². The molecule has 0 radical (unpaired) electrons. The van der Waals surface area contributed by atoms with E-state index in [4.69, 9.17) is 4.74 Å². The molecule has 2 heteroatoms. The fraction of sp³-hybridized carbons (Fsp3) is 0.471. The van der Waals surface area contributed by atoms with Crippen LogP contribution in [-0.2, 0) is 4.74 Å². The molecule has 2 rings (SSSR count). The van der Waals surface area contributed by atoms with Crippen molar-refractivity contribution in [3.8, 4) is 0 Å². The normalized spacial score (nSPS) is 17.2. The van der Waals surface area contributed by atoms with Gasteiger partial charge in [0.15, 0.2) is 0 Å². The summed E-state index contributed by atoms with van der Waals surface area (Å²) >= 11 is 0. The average Bonchev–Trinajstić information content (AvgIpc) is 2.88. The quantitative estimate of drug-likeness (QED) is 0.738. The second-order valence-electron chi connectivity index (χ2n) is 5.49. The van der Waals surface area contributed by atoms with Gasteiger partial charge in [-0.2, -0.15) is 0 Å². The van der Waals surface area contributed by atoms with Crippen molar-refractivity contribution < 1.29 is 9.53 Å². The molecule has 19 heavy (non-hydrogen) atoms. The summed E-state index contributed by atoms with van der Waals surface area (Å²) in [6.07, 6.45) is 5.23. The Bertz CT molecular complexity index is 465. The van der Waals surface area contributed by atoms with Crippen LogP contribution >= 0.6 is 0 Å². The second-order valence-corrected chi connectivity index (χ2v) is 5.49.